The van der Waals surface area contributed by atoms with Gasteiger partial charge in [-0.05, 0) is 25.0 Å². The quantitative estimate of drug-likeness (QED) is 0.886. The first-order valence-electron chi connectivity index (χ1n) is 7.00. The maximum atomic E-state index is 13.6. The number of anilines is 3. The monoisotopic (exact) mass is 288 g/mol. The van der Waals surface area contributed by atoms with Gasteiger partial charge < -0.3 is 15.4 Å². The minimum atomic E-state index is -0.315. The normalized spacial score (nSPS) is 17.7. The van der Waals surface area contributed by atoms with Crippen molar-refractivity contribution in [1.82, 2.24) is 9.97 Å². The molecule has 0 radical (unpaired) electrons. The zero-order valence-corrected chi connectivity index (χ0v) is 11.6. The number of hydrogen-bond acceptors (Lipinski definition) is 5. The van der Waals surface area contributed by atoms with E-state index < -0.39 is 0 Å². The van der Waals surface area contributed by atoms with Gasteiger partial charge in [0, 0.05) is 19.2 Å². The van der Waals surface area contributed by atoms with Crippen molar-refractivity contribution in [3.05, 3.63) is 42.5 Å². The zero-order chi connectivity index (χ0) is 14.5. The van der Waals surface area contributed by atoms with Crippen molar-refractivity contribution in [3.63, 3.8) is 0 Å². The number of ether oxygens (including phenoxy) is 1. The summed E-state index contributed by atoms with van der Waals surface area (Å²) in [7, 11) is 0. The number of rotatable bonds is 5. The molecule has 2 N–H and O–H groups in total. The molecule has 0 amide bonds. The molecule has 0 aliphatic carbocycles. The number of aromatic nitrogens is 2. The van der Waals surface area contributed by atoms with Crippen LogP contribution in [0.15, 0.2) is 36.7 Å². The van der Waals surface area contributed by atoms with Gasteiger partial charge in [-0.25, -0.2) is 14.4 Å². The molecule has 2 heterocycles. The molecule has 1 aromatic carbocycles. The zero-order valence-electron chi connectivity index (χ0n) is 11.6. The van der Waals surface area contributed by atoms with Crippen LogP contribution < -0.4 is 10.6 Å². The van der Waals surface area contributed by atoms with Crippen LogP contribution in [0.4, 0.5) is 21.7 Å². The van der Waals surface area contributed by atoms with Crippen LogP contribution in [0.25, 0.3) is 0 Å². The molecule has 6 heteroatoms. The first-order chi connectivity index (χ1) is 10.3. The predicted octanol–water partition coefficient (Wildman–Crippen LogP) is 2.95. The van der Waals surface area contributed by atoms with Gasteiger partial charge in [0.2, 0.25) is 0 Å². The second kappa shape index (κ2) is 6.49. The van der Waals surface area contributed by atoms with Crippen LogP contribution in [0.3, 0.4) is 0 Å². The highest BCUT2D eigenvalue weighted by Crippen LogP contribution is 2.19. The van der Waals surface area contributed by atoms with Gasteiger partial charge in [-0.15, -0.1) is 0 Å². The number of para-hydroxylation sites is 1. The van der Waals surface area contributed by atoms with Crippen LogP contribution in [0.2, 0.25) is 0 Å². The number of halogens is 1. The highest BCUT2D eigenvalue weighted by molar-refractivity contribution is 5.59. The maximum absolute atomic E-state index is 13.6. The van der Waals surface area contributed by atoms with Crippen molar-refractivity contribution in [1.29, 1.82) is 0 Å². The standard InChI is InChI=1S/C15H17FN4O/c16-12-5-1-2-6-13(12)20-15-8-14(18-10-19-15)17-9-11-4-3-7-21-11/h1-2,5-6,8,10-11H,3-4,7,9H2,(H2,17,18,19,20). The van der Waals surface area contributed by atoms with Gasteiger partial charge >= 0.3 is 0 Å². The van der Waals surface area contributed by atoms with Crippen LogP contribution in [0, 0.1) is 5.82 Å². The Balaban J connectivity index is 1.64. The first-order valence-corrected chi connectivity index (χ1v) is 7.00. The highest BCUT2D eigenvalue weighted by atomic mass is 19.1. The van der Waals surface area contributed by atoms with E-state index in [9.17, 15) is 4.39 Å². The summed E-state index contributed by atoms with van der Waals surface area (Å²) in [6.45, 7) is 1.55. The van der Waals surface area contributed by atoms with Gasteiger partial charge in [0.05, 0.1) is 11.8 Å². The molecular formula is C15H17FN4O. The van der Waals surface area contributed by atoms with Gasteiger partial charge in [-0.1, -0.05) is 12.1 Å². The number of hydrogen-bond donors (Lipinski definition) is 2. The van der Waals surface area contributed by atoms with Crippen molar-refractivity contribution in [2.24, 2.45) is 0 Å². The van der Waals surface area contributed by atoms with Crippen molar-refractivity contribution < 1.29 is 9.13 Å². The third-order valence-corrected chi connectivity index (χ3v) is 3.34. The van der Waals surface area contributed by atoms with E-state index in [0.717, 1.165) is 26.0 Å². The van der Waals surface area contributed by atoms with E-state index in [2.05, 4.69) is 20.6 Å². The molecule has 0 spiro atoms. The molecule has 0 saturated carbocycles. The molecule has 5 nitrogen and oxygen atoms in total. The Hall–Kier alpha value is -2.21. The summed E-state index contributed by atoms with van der Waals surface area (Å²) in [5.74, 6) is 0.925. The van der Waals surface area contributed by atoms with E-state index in [1.807, 2.05) is 0 Å². The lowest BCUT2D eigenvalue weighted by Gasteiger charge is -2.12. The van der Waals surface area contributed by atoms with Crippen LogP contribution >= 0.6 is 0 Å². The Kier molecular flexibility index (Phi) is 4.25. The maximum Gasteiger partial charge on any atom is 0.146 e. The summed E-state index contributed by atoms with van der Waals surface area (Å²) in [5, 5.41) is 6.16. The molecule has 1 aromatic heterocycles. The van der Waals surface area contributed by atoms with Gasteiger partial charge in [0.15, 0.2) is 0 Å². The fourth-order valence-corrected chi connectivity index (χ4v) is 2.25. The van der Waals surface area contributed by atoms with Crippen molar-refractivity contribution in [3.8, 4) is 0 Å². The number of nitrogens with one attached hydrogen (secondary N) is 2. The van der Waals surface area contributed by atoms with Crippen LogP contribution in [0.1, 0.15) is 12.8 Å². The first kappa shape index (κ1) is 13.8. The summed E-state index contributed by atoms with van der Waals surface area (Å²) < 4.78 is 19.1. The molecule has 1 fully saturated rings. The lowest BCUT2D eigenvalue weighted by Crippen LogP contribution is -2.19. The molecule has 1 unspecified atom stereocenters. The van der Waals surface area contributed by atoms with E-state index in [0.29, 0.717) is 17.3 Å². The number of nitrogens with zero attached hydrogens (tertiary/aromatic N) is 2. The SMILES string of the molecule is Fc1ccccc1Nc1cc(NCC2CCCO2)ncn1. The lowest BCUT2D eigenvalue weighted by molar-refractivity contribution is 0.120. The lowest BCUT2D eigenvalue weighted by atomic mass is 10.2. The summed E-state index contributed by atoms with van der Waals surface area (Å²) in [5.41, 5.74) is 0.390. The Morgan fingerprint density at radius 2 is 2.10 bits per heavy atom. The van der Waals surface area contributed by atoms with Gasteiger partial charge in [-0.2, -0.15) is 0 Å². The van der Waals surface area contributed by atoms with Crippen LogP contribution in [0.5, 0.6) is 0 Å². The predicted molar refractivity (Wildman–Crippen MR) is 79.2 cm³/mol. The van der Waals surface area contributed by atoms with Gasteiger partial charge in [0.25, 0.3) is 0 Å². The van der Waals surface area contributed by atoms with Crippen molar-refractivity contribution in [2.75, 3.05) is 23.8 Å². The summed E-state index contributed by atoms with van der Waals surface area (Å²) in [6.07, 6.45) is 3.86. The average Bonchev–Trinajstić information content (AvgIpc) is 3.01. The Bertz CT molecular complexity index is 602. The molecule has 3 rings (SSSR count). The summed E-state index contributed by atoms with van der Waals surface area (Å²) >= 11 is 0. The molecule has 1 aliphatic rings. The molecular weight excluding hydrogens is 271 g/mol. The second-order valence-electron chi connectivity index (χ2n) is 4.91. The molecule has 2 aromatic rings. The Morgan fingerprint density at radius 1 is 1.24 bits per heavy atom. The van der Waals surface area contributed by atoms with Crippen molar-refractivity contribution in [2.45, 2.75) is 18.9 Å². The molecule has 1 saturated heterocycles. The highest BCUT2D eigenvalue weighted by Gasteiger charge is 2.15. The second-order valence-corrected chi connectivity index (χ2v) is 4.91. The molecule has 1 aliphatic heterocycles. The minimum absolute atomic E-state index is 0.239. The van der Waals surface area contributed by atoms with Gasteiger partial charge in [0.1, 0.15) is 23.8 Å². The van der Waals surface area contributed by atoms with E-state index >= 15 is 0 Å². The minimum Gasteiger partial charge on any atom is -0.376 e. The van der Waals surface area contributed by atoms with Crippen LogP contribution in [-0.4, -0.2) is 29.2 Å². The summed E-state index contributed by atoms with van der Waals surface area (Å²) in [4.78, 5) is 8.25. The Morgan fingerprint density at radius 3 is 2.90 bits per heavy atom. The topological polar surface area (TPSA) is 59.1 Å². The van der Waals surface area contributed by atoms with Crippen molar-refractivity contribution >= 4 is 17.3 Å². The fourth-order valence-electron chi connectivity index (χ4n) is 2.25. The largest absolute Gasteiger partial charge is 0.376 e. The summed E-state index contributed by atoms with van der Waals surface area (Å²) in [6, 6.07) is 8.23. The fraction of sp³-hybridized carbons (Fsp3) is 0.333. The van der Waals surface area contributed by atoms with Crippen LogP contribution in [-0.2, 0) is 4.74 Å². The average molecular weight is 288 g/mol. The Labute approximate surface area is 122 Å². The van der Waals surface area contributed by atoms with E-state index in [1.165, 1.54) is 12.4 Å². The van der Waals surface area contributed by atoms with Gasteiger partial charge in [-0.3, -0.25) is 0 Å². The number of benzene rings is 1. The molecule has 0 bridgehead atoms. The third kappa shape index (κ3) is 3.66. The van der Waals surface area contributed by atoms with E-state index in [4.69, 9.17) is 4.74 Å². The van der Waals surface area contributed by atoms with E-state index in [1.54, 1.807) is 24.3 Å². The molecule has 21 heavy (non-hydrogen) atoms. The molecule has 1 atom stereocenters. The van der Waals surface area contributed by atoms with E-state index in [-0.39, 0.29) is 11.9 Å². The smallest absolute Gasteiger partial charge is 0.146 e. The third-order valence-electron chi connectivity index (χ3n) is 3.34. The molecule has 110 valence electrons.